The third kappa shape index (κ3) is 7.13. The smallest absolute Gasteiger partial charge is 0.276 e. The maximum Gasteiger partial charge on any atom is 0.276 e. The van der Waals surface area contributed by atoms with Crippen LogP contribution in [0.4, 0.5) is 14.6 Å². The molecule has 1 aliphatic heterocycles. The van der Waals surface area contributed by atoms with Gasteiger partial charge in [0.05, 0.1) is 23.6 Å². The van der Waals surface area contributed by atoms with Crippen LogP contribution in [0.5, 0.6) is 0 Å². The number of hydrogen-bond donors (Lipinski definition) is 1. The van der Waals surface area contributed by atoms with Gasteiger partial charge in [-0.1, -0.05) is 31.2 Å². The summed E-state index contributed by atoms with van der Waals surface area (Å²) in [6.07, 6.45) is 3.76. The zero-order valence-corrected chi connectivity index (χ0v) is 25.3. The van der Waals surface area contributed by atoms with Crippen molar-refractivity contribution in [1.29, 1.82) is 5.26 Å². The zero-order valence-electron chi connectivity index (χ0n) is 25.3. The van der Waals surface area contributed by atoms with Crippen molar-refractivity contribution in [3.63, 3.8) is 0 Å². The molecule has 10 heteroatoms. The molecule has 1 aliphatic rings. The first-order chi connectivity index (χ1) is 19.9. The van der Waals surface area contributed by atoms with Gasteiger partial charge in [0.15, 0.2) is 0 Å². The minimum absolute atomic E-state index is 0.0179. The van der Waals surface area contributed by atoms with Gasteiger partial charge in [-0.15, -0.1) is 6.58 Å². The van der Waals surface area contributed by atoms with Gasteiger partial charge in [0.2, 0.25) is 6.41 Å². The van der Waals surface area contributed by atoms with Gasteiger partial charge in [0.25, 0.3) is 11.5 Å². The normalized spacial score (nSPS) is 15.2. The number of carbonyl (C=O) groups excluding carboxylic acids is 1. The Hall–Kier alpha value is -3.84. The number of halogens is 2. The molecule has 0 radical (unpaired) electrons. The fourth-order valence-corrected chi connectivity index (χ4v) is 5.42. The second-order valence-corrected chi connectivity index (χ2v) is 11.4. The molecule has 226 valence electrons. The number of nitriles is 1. The van der Waals surface area contributed by atoms with Crippen molar-refractivity contribution in [2.45, 2.75) is 57.9 Å². The molecule has 1 aromatic carbocycles. The SMILES string of the molecule is C=CCCN(C)c1c(C(=NCc2cccc(C(F)(F)C3CCN(CC)CC3)c2)NC=O)cc(C(C)(C)C#N)c(=O)n1C. The van der Waals surface area contributed by atoms with Gasteiger partial charge in [-0.3, -0.25) is 19.1 Å². The van der Waals surface area contributed by atoms with Crippen molar-refractivity contribution >= 4 is 18.1 Å². The number of benzene rings is 1. The molecule has 0 atom stereocenters. The largest absolute Gasteiger partial charge is 0.360 e. The number of aliphatic imine (C=N–C) groups is 1. The lowest BCUT2D eigenvalue weighted by Gasteiger charge is -2.35. The highest BCUT2D eigenvalue weighted by Crippen LogP contribution is 2.41. The zero-order chi connectivity index (χ0) is 31.1. The van der Waals surface area contributed by atoms with E-state index in [1.165, 1.54) is 16.7 Å². The highest BCUT2D eigenvalue weighted by molar-refractivity contribution is 6.07. The minimum Gasteiger partial charge on any atom is -0.360 e. The number of likely N-dealkylation sites (tertiary alicyclic amines) is 1. The number of anilines is 1. The predicted octanol–water partition coefficient (Wildman–Crippen LogP) is 4.72. The van der Waals surface area contributed by atoms with Crippen LogP contribution in [0.3, 0.4) is 0 Å². The number of nitrogens with one attached hydrogen (secondary N) is 1. The fraction of sp³-hybridized carbons (Fsp3) is 0.500. The Labute approximate surface area is 247 Å². The first-order valence-electron chi connectivity index (χ1n) is 14.3. The lowest BCUT2D eigenvalue weighted by atomic mass is 9.86. The van der Waals surface area contributed by atoms with E-state index in [4.69, 9.17) is 0 Å². The topological polar surface area (TPSA) is 93.7 Å². The van der Waals surface area contributed by atoms with Crippen LogP contribution >= 0.6 is 0 Å². The number of carbonyl (C=O) groups is 1. The fourth-order valence-electron chi connectivity index (χ4n) is 5.42. The van der Waals surface area contributed by atoms with E-state index in [9.17, 15) is 14.9 Å². The van der Waals surface area contributed by atoms with Crippen molar-refractivity contribution in [1.82, 2.24) is 14.8 Å². The van der Waals surface area contributed by atoms with Crippen molar-refractivity contribution < 1.29 is 13.6 Å². The molecule has 0 unspecified atom stereocenters. The monoisotopic (exact) mass is 580 g/mol. The molecule has 0 saturated carbocycles. The molecule has 1 fully saturated rings. The molecular formula is C32H42F2N6O2. The molecule has 3 rings (SSSR count). The highest BCUT2D eigenvalue weighted by Gasteiger charge is 2.42. The van der Waals surface area contributed by atoms with Crippen LogP contribution in [0.1, 0.15) is 62.3 Å². The summed E-state index contributed by atoms with van der Waals surface area (Å²) >= 11 is 0. The number of hydrogen-bond acceptors (Lipinski definition) is 6. The third-order valence-corrected chi connectivity index (χ3v) is 8.10. The van der Waals surface area contributed by atoms with Crippen LogP contribution < -0.4 is 15.8 Å². The number of alkyl halides is 2. The molecule has 42 heavy (non-hydrogen) atoms. The summed E-state index contributed by atoms with van der Waals surface area (Å²) in [7, 11) is 3.42. The van der Waals surface area contributed by atoms with Crippen LogP contribution in [-0.2, 0) is 29.7 Å². The maximum atomic E-state index is 15.6. The van der Waals surface area contributed by atoms with Crippen LogP contribution in [0.25, 0.3) is 0 Å². The van der Waals surface area contributed by atoms with Crippen LogP contribution in [0, 0.1) is 17.2 Å². The van der Waals surface area contributed by atoms with Gasteiger partial charge in [-0.2, -0.15) is 5.26 Å². The first-order valence-corrected chi connectivity index (χ1v) is 14.3. The Morgan fingerprint density at radius 1 is 1.29 bits per heavy atom. The number of amidine groups is 1. The molecule has 1 saturated heterocycles. The van der Waals surface area contributed by atoms with Crippen molar-refractivity contribution in [2.24, 2.45) is 18.0 Å². The Kier molecular flexibility index (Phi) is 10.8. The van der Waals surface area contributed by atoms with E-state index in [0.29, 0.717) is 62.3 Å². The Morgan fingerprint density at radius 3 is 2.57 bits per heavy atom. The molecule has 1 aromatic heterocycles. The molecule has 0 bridgehead atoms. The molecular weight excluding hydrogens is 538 g/mol. The number of nitrogens with zero attached hydrogens (tertiary/aromatic N) is 5. The van der Waals surface area contributed by atoms with E-state index in [0.717, 1.165) is 6.54 Å². The minimum atomic E-state index is -2.97. The lowest BCUT2D eigenvalue weighted by Crippen LogP contribution is -2.39. The van der Waals surface area contributed by atoms with Gasteiger partial charge in [0.1, 0.15) is 11.7 Å². The number of rotatable bonds is 12. The van der Waals surface area contributed by atoms with E-state index < -0.39 is 17.3 Å². The molecule has 0 spiro atoms. The molecule has 2 aromatic rings. The summed E-state index contributed by atoms with van der Waals surface area (Å²) in [6.45, 7) is 11.8. The standard InChI is InChI=1S/C32H42F2N6O2/c1-7-9-15-38(5)29-26(19-27(30(42)39(29)6)31(3,4)21-35)28(37-22-41)36-20-23-11-10-12-25(18-23)32(33,34)24-13-16-40(8-2)17-14-24/h7,10-12,18-19,22,24H,1,8-9,13-17,20H2,2-6H3,(H,36,37,41). The Morgan fingerprint density at radius 2 is 1.98 bits per heavy atom. The number of piperidine rings is 1. The van der Waals surface area contributed by atoms with Gasteiger partial charge in [-0.05, 0) is 70.4 Å². The predicted molar refractivity (Wildman–Crippen MR) is 163 cm³/mol. The van der Waals surface area contributed by atoms with Crippen molar-refractivity contribution in [3.8, 4) is 6.07 Å². The molecule has 1 N–H and O–H groups in total. The van der Waals surface area contributed by atoms with Crippen molar-refractivity contribution in [3.05, 3.63) is 75.6 Å². The molecule has 0 aliphatic carbocycles. The third-order valence-electron chi connectivity index (χ3n) is 8.10. The first kappa shape index (κ1) is 32.7. The number of pyridine rings is 1. The quantitative estimate of drug-likeness (QED) is 0.170. The highest BCUT2D eigenvalue weighted by atomic mass is 19.3. The summed E-state index contributed by atoms with van der Waals surface area (Å²) in [6, 6.07) is 10.0. The van der Waals surface area contributed by atoms with Crippen LogP contribution in [0.15, 0.2) is 52.8 Å². The van der Waals surface area contributed by atoms with Crippen molar-refractivity contribution in [2.75, 3.05) is 38.1 Å². The van der Waals surface area contributed by atoms with Crippen LogP contribution in [-0.4, -0.2) is 54.9 Å². The summed E-state index contributed by atoms with van der Waals surface area (Å²) in [5.74, 6) is -3.04. The van der Waals surface area contributed by atoms with Gasteiger partial charge in [0, 0.05) is 37.7 Å². The maximum absolute atomic E-state index is 15.6. The van der Waals surface area contributed by atoms with Gasteiger partial charge < -0.3 is 15.1 Å². The van der Waals surface area contributed by atoms with E-state index in [1.54, 1.807) is 45.2 Å². The van der Waals surface area contributed by atoms with E-state index in [-0.39, 0.29) is 29.1 Å². The summed E-state index contributed by atoms with van der Waals surface area (Å²) in [5, 5.41) is 12.4. The van der Waals surface area contributed by atoms with E-state index >= 15 is 8.78 Å². The number of aromatic nitrogens is 1. The number of amides is 1. The molecule has 8 nitrogen and oxygen atoms in total. The molecule has 1 amide bonds. The van der Waals surface area contributed by atoms with E-state index in [2.05, 4.69) is 27.9 Å². The average Bonchev–Trinajstić information content (AvgIpc) is 2.99. The average molecular weight is 581 g/mol. The van der Waals surface area contributed by atoms with Gasteiger partial charge >= 0.3 is 0 Å². The second kappa shape index (κ2) is 13.9. The second-order valence-electron chi connectivity index (χ2n) is 11.4. The summed E-state index contributed by atoms with van der Waals surface area (Å²) < 4.78 is 32.6. The van der Waals surface area contributed by atoms with Gasteiger partial charge in [-0.25, -0.2) is 8.78 Å². The Bertz CT molecular complexity index is 1400. The lowest BCUT2D eigenvalue weighted by molar-refractivity contribution is -0.108. The Balaban J connectivity index is 2.05. The molecule has 2 heterocycles. The van der Waals surface area contributed by atoms with Crippen LogP contribution in [0.2, 0.25) is 0 Å². The van der Waals surface area contributed by atoms with E-state index in [1.807, 2.05) is 18.9 Å². The summed E-state index contributed by atoms with van der Waals surface area (Å²) in [4.78, 5) is 33.7. The summed E-state index contributed by atoms with van der Waals surface area (Å²) in [5.41, 5.74) is -0.234.